The van der Waals surface area contributed by atoms with Crippen molar-refractivity contribution < 1.29 is 0 Å². The van der Waals surface area contributed by atoms with Crippen molar-refractivity contribution in [1.82, 2.24) is 5.32 Å². The maximum absolute atomic E-state index is 6.08. The molecule has 1 rings (SSSR count). The van der Waals surface area contributed by atoms with Gasteiger partial charge in [-0.05, 0) is 25.5 Å². The summed E-state index contributed by atoms with van der Waals surface area (Å²) in [6.45, 7) is 6.01. The van der Waals surface area contributed by atoms with Crippen molar-refractivity contribution in [3.63, 3.8) is 0 Å². The molecule has 0 amide bonds. The molecule has 3 heteroatoms. The van der Waals surface area contributed by atoms with Crippen molar-refractivity contribution in [2.45, 2.75) is 23.7 Å². The topological polar surface area (TPSA) is 12.0 Å². The highest BCUT2D eigenvalue weighted by molar-refractivity contribution is 6.48. The zero-order valence-corrected chi connectivity index (χ0v) is 11.9. The van der Waals surface area contributed by atoms with Gasteiger partial charge in [-0.15, -0.1) is 29.8 Å². The lowest BCUT2D eigenvalue weighted by Gasteiger charge is -2.25. The maximum atomic E-state index is 6.08. The molecule has 0 heterocycles. The molecule has 0 aromatic heterocycles. The van der Waals surface area contributed by atoms with Gasteiger partial charge in [0.25, 0.3) is 0 Å². The third-order valence-corrected chi connectivity index (χ3v) is 2.98. The molecular formula is C15H17Cl2N. The highest BCUT2D eigenvalue weighted by atomic mass is 35.5. The summed E-state index contributed by atoms with van der Waals surface area (Å²) in [5.41, 5.74) is 0.999. The van der Waals surface area contributed by atoms with Gasteiger partial charge < -0.3 is 5.32 Å². The van der Waals surface area contributed by atoms with Crippen molar-refractivity contribution in [3.05, 3.63) is 48.6 Å². The van der Waals surface area contributed by atoms with E-state index in [0.717, 1.165) is 5.56 Å². The Labute approximate surface area is 119 Å². The first kappa shape index (κ1) is 15.1. The van der Waals surface area contributed by atoms with E-state index in [2.05, 4.69) is 23.7 Å². The standard InChI is InChI=1S/C15H17Cl2N/c1-3-8-14(15(2,16)17)18-12-7-11-13-9-5-4-6-10-13/h3-6,9-10,14,18H,1,8,12H2,2H3. The van der Waals surface area contributed by atoms with Crippen LogP contribution in [0.25, 0.3) is 0 Å². The van der Waals surface area contributed by atoms with Gasteiger partial charge in [0.1, 0.15) is 4.33 Å². The molecular weight excluding hydrogens is 265 g/mol. The number of hydrogen-bond acceptors (Lipinski definition) is 1. The van der Waals surface area contributed by atoms with Gasteiger partial charge in [-0.1, -0.05) is 36.1 Å². The number of alkyl halides is 2. The first-order valence-electron chi connectivity index (χ1n) is 5.80. The van der Waals surface area contributed by atoms with Crippen molar-refractivity contribution in [2.24, 2.45) is 0 Å². The summed E-state index contributed by atoms with van der Waals surface area (Å²) in [4.78, 5) is 0. The van der Waals surface area contributed by atoms with Crippen LogP contribution in [0.1, 0.15) is 18.9 Å². The van der Waals surface area contributed by atoms with E-state index in [0.29, 0.717) is 13.0 Å². The highest BCUT2D eigenvalue weighted by Crippen LogP contribution is 2.26. The van der Waals surface area contributed by atoms with Crippen LogP contribution in [0.5, 0.6) is 0 Å². The lowest BCUT2D eigenvalue weighted by molar-refractivity contribution is 0.510. The number of hydrogen-bond donors (Lipinski definition) is 1. The van der Waals surface area contributed by atoms with Crippen LogP contribution >= 0.6 is 23.2 Å². The third-order valence-electron chi connectivity index (χ3n) is 2.46. The van der Waals surface area contributed by atoms with E-state index in [-0.39, 0.29) is 6.04 Å². The molecule has 0 spiro atoms. The van der Waals surface area contributed by atoms with E-state index in [9.17, 15) is 0 Å². The zero-order chi connectivity index (χ0) is 13.4. The fourth-order valence-corrected chi connectivity index (χ4v) is 1.81. The van der Waals surface area contributed by atoms with E-state index in [1.807, 2.05) is 30.3 Å². The third kappa shape index (κ3) is 5.60. The van der Waals surface area contributed by atoms with Gasteiger partial charge >= 0.3 is 0 Å². The average Bonchev–Trinajstić information content (AvgIpc) is 2.33. The fraction of sp³-hybridized carbons (Fsp3) is 0.333. The number of nitrogens with one attached hydrogen (secondary N) is 1. The van der Waals surface area contributed by atoms with Gasteiger partial charge in [-0.3, -0.25) is 0 Å². The summed E-state index contributed by atoms with van der Waals surface area (Å²) in [6, 6.07) is 9.79. The van der Waals surface area contributed by atoms with Gasteiger partial charge in [0, 0.05) is 11.6 Å². The minimum Gasteiger partial charge on any atom is -0.300 e. The van der Waals surface area contributed by atoms with Gasteiger partial charge in [0.05, 0.1) is 6.54 Å². The second kappa shape index (κ2) is 7.48. The largest absolute Gasteiger partial charge is 0.300 e. The quantitative estimate of drug-likeness (QED) is 0.492. The predicted molar refractivity (Wildman–Crippen MR) is 80.0 cm³/mol. The molecule has 0 aliphatic carbocycles. The molecule has 0 aliphatic heterocycles. The van der Waals surface area contributed by atoms with Gasteiger partial charge in [0.2, 0.25) is 0 Å². The van der Waals surface area contributed by atoms with Crippen molar-refractivity contribution in [1.29, 1.82) is 0 Å². The summed E-state index contributed by atoms with van der Waals surface area (Å²) in [5.74, 6) is 6.12. The lowest BCUT2D eigenvalue weighted by Crippen LogP contribution is -2.41. The van der Waals surface area contributed by atoms with Crippen molar-refractivity contribution in [3.8, 4) is 11.8 Å². The molecule has 96 valence electrons. The monoisotopic (exact) mass is 281 g/mol. The molecule has 0 saturated heterocycles. The zero-order valence-electron chi connectivity index (χ0n) is 10.4. The van der Waals surface area contributed by atoms with Gasteiger partial charge in [0.15, 0.2) is 0 Å². The van der Waals surface area contributed by atoms with Crippen LogP contribution in [0.3, 0.4) is 0 Å². The molecule has 0 saturated carbocycles. The Bertz CT molecular complexity index is 423. The normalized spacial score (nSPS) is 12.4. The molecule has 0 aliphatic rings. The predicted octanol–water partition coefficient (Wildman–Crippen LogP) is 3.77. The van der Waals surface area contributed by atoms with E-state index in [1.54, 1.807) is 13.0 Å². The number of halogens is 2. The molecule has 18 heavy (non-hydrogen) atoms. The lowest BCUT2D eigenvalue weighted by atomic mass is 10.1. The van der Waals surface area contributed by atoms with Gasteiger partial charge in [-0.25, -0.2) is 0 Å². The Kier molecular flexibility index (Phi) is 6.29. The second-order valence-electron chi connectivity index (χ2n) is 4.08. The summed E-state index contributed by atoms with van der Waals surface area (Å²) in [7, 11) is 0. The molecule has 0 bridgehead atoms. The van der Waals surface area contributed by atoms with Crippen molar-refractivity contribution >= 4 is 23.2 Å². The van der Waals surface area contributed by atoms with Crippen LogP contribution in [-0.2, 0) is 0 Å². The Morgan fingerprint density at radius 2 is 2.06 bits per heavy atom. The van der Waals surface area contributed by atoms with Crippen LogP contribution < -0.4 is 5.32 Å². The molecule has 1 N–H and O–H groups in total. The van der Waals surface area contributed by atoms with Crippen molar-refractivity contribution in [2.75, 3.05) is 6.54 Å². The SMILES string of the molecule is C=CCC(NCC#Cc1ccccc1)C(C)(Cl)Cl. The Balaban J connectivity index is 2.49. The summed E-state index contributed by atoms with van der Waals surface area (Å²) in [6.07, 6.45) is 2.50. The van der Waals surface area contributed by atoms with Crippen LogP contribution in [-0.4, -0.2) is 16.9 Å². The molecule has 1 nitrogen and oxygen atoms in total. The maximum Gasteiger partial charge on any atom is 0.131 e. The Morgan fingerprint density at radius 1 is 1.39 bits per heavy atom. The molecule has 1 unspecified atom stereocenters. The van der Waals surface area contributed by atoms with Crippen LogP contribution in [0.2, 0.25) is 0 Å². The minimum atomic E-state index is -0.831. The minimum absolute atomic E-state index is 0.0524. The van der Waals surface area contributed by atoms with E-state index in [4.69, 9.17) is 23.2 Å². The average molecular weight is 282 g/mol. The summed E-state index contributed by atoms with van der Waals surface area (Å²) < 4.78 is -0.831. The van der Waals surface area contributed by atoms with E-state index in [1.165, 1.54) is 0 Å². The van der Waals surface area contributed by atoms with E-state index < -0.39 is 4.33 Å². The summed E-state index contributed by atoms with van der Waals surface area (Å²) in [5, 5.41) is 3.22. The molecule has 1 aromatic carbocycles. The van der Waals surface area contributed by atoms with Crippen LogP contribution in [0.4, 0.5) is 0 Å². The second-order valence-corrected chi connectivity index (χ2v) is 5.85. The molecule has 0 radical (unpaired) electrons. The summed E-state index contributed by atoms with van der Waals surface area (Å²) >= 11 is 12.2. The van der Waals surface area contributed by atoms with Gasteiger partial charge in [-0.2, -0.15) is 0 Å². The first-order chi connectivity index (χ1) is 8.54. The smallest absolute Gasteiger partial charge is 0.131 e. The highest BCUT2D eigenvalue weighted by Gasteiger charge is 2.27. The molecule has 1 aromatic rings. The molecule has 1 atom stereocenters. The fourth-order valence-electron chi connectivity index (χ4n) is 1.48. The van der Waals surface area contributed by atoms with Crippen LogP contribution in [0.15, 0.2) is 43.0 Å². The Hall–Kier alpha value is -0.940. The van der Waals surface area contributed by atoms with Crippen LogP contribution in [0, 0.1) is 11.8 Å². The first-order valence-corrected chi connectivity index (χ1v) is 6.55. The number of benzene rings is 1. The Morgan fingerprint density at radius 3 is 2.61 bits per heavy atom. The number of rotatable bonds is 5. The molecule has 0 fully saturated rings. The van der Waals surface area contributed by atoms with E-state index >= 15 is 0 Å².